The van der Waals surface area contributed by atoms with Crippen molar-refractivity contribution >= 4 is 17.3 Å². The molecule has 0 rings (SSSR count). The molecule has 0 fully saturated rings. The first-order valence-electron chi connectivity index (χ1n) is 3.17. The average Bonchev–Trinajstić information content (AvgIpc) is 2.01. The van der Waals surface area contributed by atoms with Crippen molar-refractivity contribution in [3.8, 4) is 0 Å². The summed E-state index contributed by atoms with van der Waals surface area (Å²) in [6.45, 7) is 0.882. The summed E-state index contributed by atoms with van der Waals surface area (Å²) in [5.74, 6) is 0. The van der Waals surface area contributed by atoms with Crippen LogP contribution in [-0.4, -0.2) is 37.2 Å². The van der Waals surface area contributed by atoms with Crippen molar-refractivity contribution < 1.29 is 9.84 Å². The lowest BCUT2D eigenvalue weighted by molar-refractivity contribution is 0.169. The van der Waals surface area contributed by atoms with E-state index in [1.54, 1.807) is 7.11 Å². The number of ether oxygens (including phenoxy) is 1. The minimum atomic E-state index is 0.0616. The third kappa shape index (κ3) is 7.47. The molecule has 0 radical (unpaired) electrons. The van der Waals surface area contributed by atoms with Crippen molar-refractivity contribution in [2.45, 2.75) is 0 Å². The summed E-state index contributed by atoms with van der Waals surface area (Å²) < 4.78 is 4.69. The highest BCUT2D eigenvalue weighted by Crippen LogP contribution is 1.62. The number of hydrogen-bond donors (Lipinski definition) is 4. The number of hydrazine groups is 1. The zero-order chi connectivity index (χ0) is 8.53. The van der Waals surface area contributed by atoms with E-state index in [2.05, 4.69) is 20.9 Å². The Morgan fingerprint density at radius 3 is 2.91 bits per heavy atom. The molecule has 11 heavy (non-hydrogen) atoms. The number of nitrogens with one attached hydrogen (secondary N) is 3. The van der Waals surface area contributed by atoms with Gasteiger partial charge in [-0.1, -0.05) is 0 Å². The van der Waals surface area contributed by atoms with E-state index in [1.807, 2.05) is 0 Å². The van der Waals surface area contributed by atoms with Gasteiger partial charge >= 0.3 is 0 Å². The summed E-state index contributed by atoms with van der Waals surface area (Å²) in [6, 6.07) is 0. The van der Waals surface area contributed by atoms with E-state index < -0.39 is 0 Å². The maximum absolute atomic E-state index is 8.39. The van der Waals surface area contributed by atoms with Crippen LogP contribution in [0.25, 0.3) is 0 Å². The standard InChI is InChI=1S/C5H13N3O2S/c1-10-4-7-8-5(11)6-2-3-9/h7,9H,2-4H2,1H3,(H2,6,8,11). The molecule has 4 N–H and O–H groups in total. The molecule has 0 saturated heterocycles. The van der Waals surface area contributed by atoms with E-state index in [1.165, 1.54) is 0 Å². The van der Waals surface area contributed by atoms with Crippen molar-refractivity contribution in [1.29, 1.82) is 0 Å². The Bertz CT molecular complexity index is 112. The zero-order valence-electron chi connectivity index (χ0n) is 6.39. The lowest BCUT2D eigenvalue weighted by Crippen LogP contribution is -2.45. The topological polar surface area (TPSA) is 65.5 Å². The van der Waals surface area contributed by atoms with Gasteiger partial charge in [-0.25, -0.2) is 5.43 Å². The Hall–Kier alpha value is -0.430. The highest BCUT2D eigenvalue weighted by molar-refractivity contribution is 7.80. The molecule has 0 saturated carbocycles. The van der Waals surface area contributed by atoms with E-state index >= 15 is 0 Å². The van der Waals surface area contributed by atoms with Crippen LogP contribution in [0.3, 0.4) is 0 Å². The lowest BCUT2D eigenvalue weighted by atomic mass is 10.7. The molecule has 0 aromatic rings. The molecule has 66 valence electrons. The minimum Gasteiger partial charge on any atom is -0.395 e. The first-order valence-corrected chi connectivity index (χ1v) is 3.58. The van der Waals surface area contributed by atoms with Crippen molar-refractivity contribution in [2.24, 2.45) is 0 Å². The fourth-order valence-corrected chi connectivity index (χ4v) is 0.576. The molecule has 0 aliphatic rings. The quantitative estimate of drug-likeness (QED) is 0.179. The maximum Gasteiger partial charge on any atom is 0.180 e. The van der Waals surface area contributed by atoms with Crippen LogP contribution in [0, 0.1) is 0 Å². The van der Waals surface area contributed by atoms with Gasteiger partial charge in [0.25, 0.3) is 0 Å². The van der Waals surface area contributed by atoms with E-state index in [0.29, 0.717) is 18.4 Å². The van der Waals surface area contributed by atoms with Crippen LogP contribution >= 0.6 is 12.2 Å². The molecule has 0 atom stereocenters. The first-order chi connectivity index (χ1) is 5.31. The van der Waals surface area contributed by atoms with Crippen LogP contribution in [0.15, 0.2) is 0 Å². The summed E-state index contributed by atoms with van der Waals surface area (Å²) in [6.07, 6.45) is 0. The van der Waals surface area contributed by atoms with Crippen LogP contribution in [0.5, 0.6) is 0 Å². The summed E-state index contributed by atoms with van der Waals surface area (Å²) in [5.41, 5.74) is 5.34. The van der Waals surface area contributed by atoms with E-state index in [4.69, 9.17) is 17.3 Å². The number of aliphatic hydroxyl groups is 1. The number of methoxy groups -OCH3 is 1. The molecule has 0 unspecified atom stereocenters. The van der Waals surface area contributed by atoms with E-state index in [9.17, 15) is 0 Å². The fraction of sp³-hybridized carbons (Fsp3) is 0.800. The van der Waals surface area contributed by atoms with Gasteiger partial charge in [-0.05, 0) is 12.2 Å². The largest absolute Gasteiger partial charge is 0.395 e. The Labute approximate surface area is 71.1 Å². The maximum atomic E-state index is 8.39. The van der Waals surface area contributed by atoms with Gasteiger partial charge in [-0.15, -0.1) is 0 Å². The highest BCUT2D eigenvalue weighted by Gasteiger charge is 1.90. The second-order valence-corrected chi connectivity index (χ2v) is 2.12. The van der Waals surface area contributed by atoms with Gasteiger partial charge in [0.2, 0.25) is 0 Å². The van der Waals surface area contributed by atoms with Crippen LogP contribution in [0.4, 0.5) is 0 Å². The Kier molecular flexibility index (Phi) is 7.37. The number of hydrogen-bond acceptors (Lipinski definition) is 4. The third-order valence-electron chi connectivity index (χ3n) is 0.816. The molecular formula is C5H13N3O2S. The molecule has 0 bridgehead atoms. The monoisotopic (exact) mass is 179 g/mol. The highest BCUT2D eigenvalue weighted by atomic mass is 32.1. The van der Waals surface area contributed by atoms with Gasteiger partial charge in [0.1, 0.15) is 6.73 Å². The smallest absolute Gasteiger partial charge is 0.180 e. The van der Waals surface area contributed by atoms with Gasteiger partial charge in [0.05, 0.1) is 6.61 Å². The van der Waals surface area contributed by atoms with Gasteiger partial charge in [0.15, 0.2) is 5.11 Å². The summed E-state index contributed by atoms with van der Waals surface area (Å²) in [7, 11) is 1.57. The molecule has 6 heteroatoms. The van der Waals surface area contributed by atoms with Gasteiger partial charge in [0, 0.05) is 13.7 Å². The second kappa shape index (κ2) is 7.67. The van der Waals surface area contributed by atoms with Gasteiger partial charge in [-0.2, -0.15) is 0 Å². The SMILES string of the molecule is COCNNC(=S)NCCO. The van der Waals surface area contributed by atoms with Crippen molar-refractivity contribution in [2.75, 3.05) is 27.0 Å². The number of aliphatic hydroxyl groups excluding tert-OH is 1. The normalized spacial score (nSPS) is 9.27. The number of thiocarbonyl (C=S) groups is 1. The Balaban J connectivity index is 3.09. The van der Waals surface area contributed by atoms with Crippen molar-refractivity contribution in [1.82, 2.24) is 16.2 Å². The molecule has 5 nitrogen and oxygen atoms in total. The molecule has 0 aromatic heterocycles. The van der Waals surface area contributed by atoms with E-state index in [-0.39, 0.29) is 6.61 Å². The lowest BCUT2D eigenvalue weighted by Gasteiger charge is -2.09. The second-order valence-electron chi connectivity index (χ2n) is 1.71. The molecule has 0 aliphatic heterocycles. The van der Waals surface area contributed by atoms with Gasteiger partial charge < -0.3 is 15.2 Å². The average molecular weight is 179 g/mol. The Morgan fingerprint density at radius 1 is 1.64 bits per heavy atom. The molecule has 0 spiro atoms. The molecule has 0 amide bonds. The van der Waals surface area contributed by atoms with Crippen LogP contribution < -0.4 is 16.2 Å². The molecule has 0 aliphatic carbocycles. The van der Waals surface area contributed by atoms with Crippen molar-refractivity contribution in [3.05, 3.63) is 0 Å². The first kappa shape index (κ1) is 10.6. The summed E-state index contributed by atoms with van der Waals surface area (Å²) in [5, 5.41) is 11.6. The fourth-order valence-electron chi connectivity index (χ4n) is 0.402. The van der Waals surface area contributed by atoms with Gasteiger partial charge in [-0.3, -0.25) is 5.43 Å². The predicted octanol–water partition coefficient (Wildman–Crippen LogP) is -1.45. The van der Waals surface area contributed by atoms with E-state index in [0.717, 1.165) is 0 Å². The van der Waals surface area contributed by atoms with Crippen LogP contribution in [-0.2, 0) is 4.74 Å². The summed E-state index contributed by atoms with van der Waals surface area (Å²) in [4.78, 5) is 0. The molecule has 0 heterocycles. The minimum absolute atomic E-state index is 0.0616. The predicted molar refractivity (Wildman–Crippen MR) is 45.8 cm³/mol. The van der Waals surface area contributed by atoms with Crippen molar-refractivity contribution in [3.63, 3.8) is 0 Å². The van der Waals surface area contributed by atoms with Crippen LogP contribution in [0.1, 0.15) is 0 Å². The third-order valence-corrected chi connectivity index (χ3v) is 1.06. The summed E-state index contributed by atoms with van der Waals surface area (Å²) >= 11 is 4.78. The van der Waals surface area contributed by atoms with Crippen LogP contribution in [0.2, 0.25) is 0 Å². The Morgan fingerprint density at radius 2 is 2.36 bits per heavy atom. The number of rotatable bonds is 5. The zero-order valence-corrected chi connectivity index (χ0v) is 7.20. The molecule has 0 aromatic carbocycles. The molecular weight excluding hydrogens is 166 g/mol.